The zero-order chi connectivity index (χ0) is 12.6. The van der Waals surface area contributed by atoms with Gasteiger partial charge in [-0.1, -0.05) is 46.3 Å². The minimum Gasteiger partial charge on any atom is -0.383 e. The van der Waals surface area contributed by atoms with Gasteiger partial charge in [-0.15, -0.1) is 0 Å². The lowest BCUT2D eigenvalue weighted by atomic mass is 10.2. The molecule has 0 spiro atoms. The number of halogens is 1. The van der Waals surface area contributed by atoms with Crippen LogP contribution in [-0.4, -0.2) is 13.2 Å². The van der Waals surface area contributed by atoms with Crippen molar-refractivity contribution >= 4 is 21.6 Å². The van der Waals surface area contributed by atoms with Gasteiger partial charge in [0.2, 0.25) is 0 Å². The van der Waals surface area contributed by atoms with E-state index in [1.807, 2.05) is 30.3 Å². The van der Waals surface area contributed by atoms with Crippen molar-refractivity contribution in [1.82, 2.24) is 0 Å². The molecule has 0 saturated heterocycles. The molecule has 0 unspecified atom stereocenters. The molecule has 0 aromatic heterocycles. The molecule has 2 aromatic rings. The van der Waals surface area contributed by atoms with Gasteiger partial charge in [0.1, 0.15) is 0 Å². The van der Waals surface area contributed by atoms with Crippen LogP contribution in [0.2, 0.25) is 0 Å². The van der Waals surface area contributed by atoms with Crippen LogP contribution in [0.3, 0.4) is 0 Å². The van der Waals surface area contributed by atoms with Crippen LogP contribution in [-0.2, 0) is 11.3 Å². The Kier molecular flexibility index (Phi) is 5.24. The fourth-order valence-corrected chi connectivity index (χ4v) is 1.86. The molecular weight excluding hydrogens is 290 g/mol. The molecular formula is C15H16BrNO. The summed E-state index contributed by atoms with van der Waals surface area (Å²) < 4.78 is 6.70. The molecule has 94 valence electrons. The van der Waals surface area contributed by atoms with Gasteiger partial charge in [-0.3, -0.25) is 0 Å². The molecule has 0 aliphatic heterocycles. The van der Waals surface area contributed by atoms with Gasteiger partial charge in [-0.2, -0.15) is 0 Å². The van der Waals surface area contributed by atoms with Crippen LogP contribution in [0, 0.1) is 0 Å². The third-order valence-electron chi connectivity index (χ3n) is 2.53. The second-order valence-electron chi connectivity index (χ2n) is 3.97. The summed E-state index contributed by atoms with van der Waals surface area (Å²) in [5, 5.41) is 3.31. The molecule has 2 rings (SSSR count). The molecule has 0 bridgehead atoms. The molecule has 0 aliphatic carbocycles. The van der Waals surface area contributed by atoms with Gasteiger partial charge in [0, 0.05) is 16.7 Å². The summed E-state index contributed by atoms with van der Waals surface area (Å²) in [5.74, 6) is 0. The first-order chi connectivity index (χ1) is 8.84. The molecule has 0 saturated carbocycles. The maximum Gasteiger partial charge on any atom is 0.0717 e. The molecule has 2 aromatic carbocycles. The minimum atomic E-state index is 0.656. The molecule has 0 radical (unpaired) electrons. The SMILES string of the molecule is Brc1ccc(COCCNc2ccccc2)cc1. The second kappa shape index (κ2) is 7.19. The van der Waals surface area contributed by atoms with Gasteiger partial charge in [0.05, 0.1) is 13.2 Å². The third-order valence-corrected chi connectivity index (χ3v) is 3.06. The van der Waals surface area contributed by atoms with E-state index >= 15 is 0 Å². The van der Waals surface area contributed by atoms with E-state index in [0.717, 1.165) is 16.7 Å². The van der Waals surface area contributed by atoms with Crippen LogP contribution in [0.15, 0.2) is 59.1 Å². The van der Waals surface area contributed by atoms with Crippen molar-refractivity contribution in [2.75, 3.05) is 18.5 Å². The topological polar surface area (TPSA) is 21.3 Å². The predicted molar refractivity (Wildman–Crippen MR) is 78.7 cm³/mol. The Morgan fingerprint density at radius 3 is 2.39 bits per heavy atom. The van der Waals surface area contributed by atoms with Crippen LogP contribution in [0.1, 0.15) is 5.56 Å². The molecule has 1 N–H and O–H groups in total. The Morgan fingerprint density at radius 1 is 0.944 bits per heavy atom. The number of hydrogen-bond acceptors (Lipinski definition) is 2. The summed E-state index contributed by atoms with van der Waals surface area (Å²) in [6.45, 7) is 2.18. The number of rotatable bonds is 6. The molecule has 0 aliphatic rings. The van der Waals surface area contributed by atoms with E-state index in [-0.39, 0.29) is 0 Å². The van der Waals surface area contributed by atoms with Gasteiger partial charge >= 0.3 is 0 Å². The number of benzene rings is 2. The Bertz CT molecular complexity index is 456. The van der Waals surface area contributed by atoms with Crippen molar-refractivity contribution in [3.05, 3.63) is 64.6 Å². The second-order valence-corrected chi connectivity index (χ2v) is 4.89. The largest absolute Gasteiger partial charge is 0.383 e. The Morgan fingerprint density at radius 2 is 1.67 bits per heavy atom. The quantitative estimate of drug-likeness (QED) is 0.812. The normalized spacial score (nSPS) is 10.3. The number of anilines is 1. The first-order valence-corrected chi connectivity index (χ1v) is 6.75. The minimum absolute atomic E-state index is 0.656. The van der Waals surface area contributed by atoms with Gasteiger partial charge in [-0.25, -0.2) is 0 Å². The van der Waals surface area contributed by atoms with Crippen LogP contribution in [0.25, 0.3) is 0 Å². The number of nitrogens with one attached hydrogen (secondary N) is 1. The molecule has 0 heterocycles. The monoisotopic (exact) mass is 305 g/mol. The summed E-state index contributed by atoms with van der Waals surface area (Å²) in [7, 11) is 0. The summed E-state index contributed by atoms with van der Waals surface area (Å²) in [5.41, 5.74) is 2.32. The third kappa shape index (κ3) is 4.51. The molecule has 2 nitrogen and oxygen atoms in total. The van der Waals surface area contributed by atoms with E-state index in [2.05, 4.69) is 45.5 Å². The van der Waals surface area contributed by atoms with Crippen molar-refractivity contribution in [2.45, 2.75) is 6.61 Å². The summed E-state index contributed by atoms with van der Waals surface area (Å²) in [6, 6.07) is 18.3. The van der Waals surface area contributed by atoms with Crippen molar-refractivity contribution < 1.29 is 4.74 Å². The molecule has 0 atom stereocenters. The van der Waals surface area contributed by atoms with E-state index in [0.29, 0.717) is 13.2 Å². The lowest BCUT2D eigenvalue weighted by Gasteiger charge is -2.07. The highest BCUT2D eigenvalue weighted by atomic mass is 79.9. The standard InChI is InChI=1S/C15H16BrNO/c16-14-8-6-13(7-9-14)12-18-11-10-17-15-4-2-1-3-5-15/h1-9,17H,10-12H2. The Balaban J connectivity index is 1.63. The molecule has 0 amide bonds. The highest BCUT2D eigenvalue weighted by molar-refractivity contribution is 9.10. The van der Waals surface area contributed by atoms with E-state index < -0.39 is 0 Å². The van der Waals surface area contributed by atoms with Gasteiger partial charge < -0.3 is 10.1 Å². The van der Waals surface area contributed by atoms with Crippen molar-refractivity contribution in [3.63, 3.8) is 0 Å². The Hall–Kier alpha value is -1.32. The molecule has 18 heavy (non-hydrogen) atoms. The van der Waals surface area contributed by atoms with Crippen molar-refractivity contribution in [1.29, 1.82) is 0 Å². The van der Waals surface area contributed by atoms with Gasteiger partial charge in [0.25, 0.3) is 0 Å². The number of ether oxygens (including phenoxy) is 1. The average molecular weight is 306 g/mol. The van der Waals surface area contributed by atoms with Crippen LogP contribution < -0.4 is 5.32 Å². The summed E-state index contributed by atoms with van der Waals surface area (Å²) >= 11 is 3.41. The van der Waals surface area contributed by atoms with Gasteiger partial charge in [-0.05, 0) is 29.8 Å². The van der Waals surface area contributed by atoms with E-state index in [1.165, 1.54) is 5.56 Å². The number of hydrogen-bond donors (Lipinski definition) is 1. The first kappa shape index (κ1) is 13.1. The van der Waals surface area contributed by atoms with E-state index in [9.17, 15) is 0 Å². The average Bonchev–Trinajstić information content (AvgIpc) is 2.42. The van der Waals surface area contributed by atoms with E-state index in [4.69, 9.17) is 4.74 Å². The van der Waals surface area contributed by atoms with Gasteiger partial charge in [0.15, 0.2) is 0 Å². The zero-order valence-corrected chi connectivity index (χ0v) is 11.7. The fraction of sp³-hybridized carbons (Fsp3) is 0.200. The zero-order valence-electron chi connectivity index (χ0n) is 10.1. The maximum absolute atomic E-state index is 5.60. The van der Waals surface area contributed by atoms with Crippen LogP contribution >= 0.6 is 15.9 Å². The lowest BCUT2D eigenvalue weighted by molar-refractivity contribution is 0.130. The fourth-order valence-electron chi connectivity index (χ4n) is 1.59. The van der Waals surface area contributed by atoms with Crippen LogP contribution in [0.4, 0.5) is 5.69 Å². The highest BCUT2D eigenvalue weighted by Gasteiger charge is 1.94. The number of para-hydroxylation sites is 1. The van der Waals surface area contributed by atoms with E-state index in [1.54, 1.807) is 0 Å². The van der Waals surface area contributed by atoms with Crippen molar-refractivity contribution in [2.24, 2.45) is 0 Å². The Labute approximate surface area is 116 Å². The first-order valence-electron chi connectivity index (χ1n) is 5.96. The van der Waals surface area contributed by atoms with Crippen LogP contribution in [0.5, 0.6) is 0 Å². The summed E-state index contributed by atoms with van der Waals surface area (Å²) in [6.07, 6.45) is 0. The maximum atomic E-state index is 5.60. The smallest absolute Gasteiger partial charge is 0.0717 e. The molecule has 3 heteroatoms. The summed E-state index contributed by atoms with van der Waals surface area (Å²) in [4.78, 5) is 0. The lowest BCUT2D eigenvalue weighted by Crippen LogP contribution is -2.09. The van der Waals surface area contributed by atoms with Crippen molar-refractivity contribution in [3.8, 4) is 0 Å². The predicted octanol–water partition coefficient (Wildman–Crippen LogP) is 4.08. The molecule has 0 fully saturated rings. The highest BCUT2D eigenvalue weighted by Crippen LogP contribution is 2.11.